The van der Waals surface area contributed by atoms with Crippen molar-refractivity contribution >= 4 is 50.7 Å². The first kappa shape index (κ1) is 22.6. The lowest BCUT2D eigenvalue weighted by molar-refractivity contribution is -0.119. The van der Waals surface area contributed by atoms with Crippen LogP contribution in [-0.2, 0) is 9.53 Å². The predicted octanol–water partition coefficient (Wildman–Crippen LogP) is 4.86. The van der Waals surface area contributed by atoms with Gasteiger partial charge in [0.2, 0.25) is 0 Å². The van der Waals surface area contributed by atoms with Crippen molar-refractivity contribution in [3.05, 3.63) is 64.1 Å². The minimum Gasteiger partial charge on any atom is -0.497 e. The monoisotopic (exact) mass is 485 g/mol. The number of fused-ring (bicyclic) bond motifs is 1. The Hall–Kier alpha value is -3.56. The number of anilines is 1. The average molecular weight is 486 g/mol. The van der Waals surface area contributed by atoms with E-state index in [1.807, 2.05) is 19.1 Å². The van der Waals surface area contributed by atoms with E-state index in [2.05, 4.69) is 10.4 Å². The summed E-state index contributed by atoms with van der Waals surface area (Å²) in [5.41, 5.74) is 2.05. The van der Waals surface area contributed by atoms with Gasteiger partial charge in [-0.1, -0.05) is 11.6 Å². The Kier molecular flexibility index (Phi) is 6.52. The number of amides is 1. The molecule has 0 saturated heterocycles. The summed E-state index contributed by atoms with van der Waals surface area (Å²) >= 11 is 7.22. The Labute approximate surface area is 198 Å². The van der Waals surface area contributed by atoms with Crippen LogP contribution < -0.4 is 14.8 Å². The standard InChI is InChI=1S/C23H20ClN3O5S/c1-13-17-11-20(33-22(17)27(26-13)15-6-4-14(24)5-7-15)23(29)32-12-21(28)25-18-9-8-16(30-2)10-19(18)31-3/h4-11H,12H2,1-3H3,(H,25,28). The Bertz CT molecular complexity index is 1330. The highest BCUT2D eigenvalue weighted by Gasteiger charge is 2.19. The zero-order chi connectivity index (χ0) is 23.5. The molecule has 0 bridgehead atoms. The largest absolute Gasteiger partial charge is 0.497 e. The molecule has 0 radical (unpaired) electrons. The van der Waals surface area contributed by atoms with Crippen molar-refractivity contribution in [2.24, 2.45) is 0 Å². The van der Waals surface area contributed by atoms with E-state index in [0.717, 1.165) is 21.6 Å². The summed E-state index contributed by atoms with van der Waals surface area (Å²) in [6.45, 7) is 1.43. The van der Waals surface area contributed by atoms with E-state index in [1.54, 1.807) is 41.1 Å². The van der Waals surface area contributed by atoms with Gasteiger partial charge >= 0.3 is 5.97 Å². The first-order valence-electron chi connectivity index (χ1n) is 9.83. The molecule has 0 aliphatic rings. The van der Waals surface area contributed by atoms with Crippen LogP contribution in [0, 0.1) is 6.92 Å². The molecule has 10 heteroatoms. The smallest absolute Gasteiger partial charge is 0.348 e. The highest BCUT2D eigenvalue weighted by Crippen LogP contribution is 2.31. The third kappa shape index (κ3) is 4.79. The Morgan fingerprint density at radius 2 is 1.85 bits per heavy atom. The van der Waals surface area contributed by atoms with Crippen molar-refractivity contribution in [1.29, 1.82) is 0 Å². The highest BCUT2D eigenvalue weighted by molar-refractivity contribution is 7.20. The Balaban J connectivity index is 1.45. The number of aryl methyl sites for hydroxylation is 1. The van der Waals surface area contributed by atoms with Gasteiger partial charge in [-0.3, -0.25) is 4.79 Å². The minimum atomic E-state index is -0.588. The van der Waals surface area contributed by atoms with Gasteiger partial charge in [-0.2, -0.15) is 5.10 Å². The molecule has 0 unspecified atom stereocenters. The number of carbonyl (C=O) groups is 2. The number of hydrogen-bond acceptors (Lipinski definition) is 7. The Morgan fingerprint density at radius 1 is 1.09 bits per heavy atom. The molecule has 170 valence electrons. The lowest BCUT2D eigenvalue weighted by atomic mass is 10.2. The average Bonchev–Trinajstić information content (AvgIpc) is 3.39. The van der Waals surface area contributed by atoms with E-state index in [0.29, 0.717) is 27.1 Å². The van der Waals surface area contributed by atoms with Crippen LogP contribution in [0.25, 0.3) is 15.9 Å². The van der Waals surface area contributed by atoms with Gasteiger partial charge in [0.15, 0.2) is 6.61 Å². The molecule has 2 aromatic carbocycles. The van der Waals surface area contributed by atoms with Crippen LogP contribution in [-0.4, -0.2) is 42.5 Å². The molecular weight excluding hydrogens is 466 g/mol. The number of thiophene rings is 1. The van der Waals surface area contributed by atoms with E-state index in [1.165, 1.54) is 25.6 Å². The molecule has 4 rings (SSSR count). The molecule has 2 aromatic heterocycles. The highest BCUT2D eigenvalue weighted by atomic mass is 35.5. The quantitative estimate of drug-likeness (QED) is 0.376. The fourth-order valence-electron chi connectivity index (χ4n) is 3.20. The summed E-state index contributed by atoms with van der Waals surface area (Å²) < 4.78 is 17.4. The number of hydrogen-bond donors (Lipinski definition) is 1. The maximum Gasteiger partial charge on any atom is 0.348 e. The number of esters is 1. The fourth-order valence-corrected chi connectivity index (χ4v) is 4.40. The predicted molar refractivity (Wildman–Crippen MR) is 127 cm³/mol. The maximum atomic E-state index is 12.6. The minimum absolute atomic E-state index is 0.378. The number of rotatable bonds is 7. The molecule has 0 fully saturated rings. The van der Waals surface area contributed by atoms with Crippen LogP contribution in [0.3, 0.4) is 0 Å². The first-order valence-corrected chi connectivity index (χ1v) is 11.0. The number of aromatic nitrogens is 2. The van der Waals surface area contributed by atoms with Gasteiger partial charge in [-0.25, -0.2) is 9.48 Å². The second-order valence-electron chi connectivity index (χ2n) is 6.99. The molecule has 0 spiro atoms. The molecule has 0 aliphatic heterocycles. The Morgan fingerprint density at radius 3 is 2.55 bits per heavy atom. The first-order chi connectivity index (χ1) is 15.9. The summed E-state index contributed by atoms with van der Waals surface area (Å²) in [5.74, 6) is -0.0548. The van der Waals surface area contributed by atoms with Gasteiger partial charge in [-0.15, -0.1) is 11.3 Å². The van der Waals surface area contributed by atoms with Crippen molar-refractivity contribution in [3.8, 4) is 17.2 Å². The summed E-state index contributed by atoms with van der Waals surface area (Å²) in [4.78, 5) is 26.1. The van der Waals surface area contributed by atoms with Gasteiger partial charge in [0.05, 0.1) is 31.3 Å². The summed E-state index contributed by atoms with van der Waals surface area (Å²) in [6, 6.07) is 14.0. The number of carbonyl (C=O) groups excluding carboxylic acids is 2. The van der Waals surface area contributed by atoms with Crippen LogP contribution >= 0.6 is 22.9 Å². The maximum absolute atomic E-state index is 12.6. The van der Waals surface area contributed by atoms with E-state index >= 15 is 0 Å². The zero-order valence-electron chi connectivity index (χ0n) is 18.0. The van der Waals surface area contributed by atoms with E-state index in [-0.39, 0.29) is 0 Å². The van der Waals surface area contributed by atoms with Crippen molar-refractivity contribution in [1.82, 2.24) is 9.78 Å². The van der Waals surface area contributed by atoms with Crippen molar-refractivity contribution in [2.45, 2.75) is 6.92 Å². The molecule has 1 N–H and O–H groups in total. The lowest BCUT2D eigenvalue weighted by Gasteiger charge is -2.11. The molecule has 0 atom stereocenters. The third-order valence-corrected chi connectivity index (χ3v) is 6.18. The topological polar surface area (TPSA) is 91.7 Å². The number of nitrogens with zero attached hydrogens (tertiary/aromatic N) is 2. The molecule has 0 aliphatic carbocycles. The molecule has 0 saturated carbocycles. The summed E-state index contributed by atoms with van der Waals surface area (Å²) in [5, 5.41) is 8.68. The molecule has 33 heavy (non-hydrogen) atoms. The van der Waals surface area contributed by atoms with E-state index < -0.39 is 18.5 Å². The van der Waals surface area contributed by atoms with E-state index in [4.69, 9.17) is 25.8 Å². The second-order valence-corrected chi connectivity index (χ2v) is 8.46. The zero-order valence-corrected chi connectivity index (χ0v) is 19.6. The fraction of sp³-hybridized carbons (Fsp3) is 0.174. The lowest BCUT2D eigenvalue weighted by Crippen LogP contribution is -2.21. The number of methoxy groups -OCH3 is 2. The van der Waals surface area contributed by atoms with Crippen LogP contribution in [0.5, 0.6) is 11.5 Å². The molecule has 4 aromatic rings. The molecule has 2 heterocycles. The SMILES string of the molecule is COc1ccc(NC(=O)COC(=O)c2cc3c(C)nn(-c4ccc(Cl)cc4)c3s2)c(OC)c1. The number of nitrogens with one attached hydrogen (secondary N) is 1. The molecular formula is C23H20ClN3O5S. The van der Waals surface area contributed by atoms with Crippen molar-refractivity contribution in [3.63, 3.8) is 0 Å². The third-order valence-electron chi connectivity index (χ3n) is 4.83. The summed E-state index contributed by atoms with van der Waals surface area (Å²) in [6.07, 6.45) is 0. The van der Waals surface area contributed by atoms with Gasteiger partial charge in [0.1, 0.15) is 21.2 Å². The molecule has 8 nitrogen and oxygen atoms in total. The number of benzene rings is 2. The number of halogens is 1. The van der Waals surface area contributed by atoms with Crippen molar-refractivity contribution < 1.29 is 23.8 Å². The van der Waals surface area contributed by atoms with E-state index in [9.17, 15) is 9.59 Å². The van der Waals surface area contributed by atoms with Crippen LogP contribution in [0.2, 0.25) is 5.02 Å². The normalized spacial score (nSPS) is 10.8. The van der Waals surface area contributed by atoms with Gasteiger partial charge in [0, 0.05) is 16.5 Å². The van der Waals surface area contributed by atoms with Crippen LogP contribution in [0.15, 0.2) is 48.5 Å². The summed E-state index contributed by atoms with van der Waals surface area (Å²) in [7, 11) is 3.02. The van der Waals surface area contributed by atoms with Crippen LogP contribution in [0.1, 0.15) is 15.4 Å². The van der Waals surface area contributed by atoms with Gasteiger partial charge in [0.25, 0.3) is 5.91 Å². The second kappa shape index (κ2) is 9.51. The van der Waals surface area contributed by atoms with Crippen LogP contribution in [0.4, 0.5) is 5.69 Å². The van der Waals surface area contributed by atoms with Crippen molar-refractivity contribution in [2.75, 3.05) is 26.1 Å². The molecule has 1 amide bonds. The number of ether oxygens (including phenoxy) is 3. The van der Waals surface area contributed by atoms with Gasteiger partial charge in [-0.05, 0) is 49.4 Å². The van der Waals surface area contributed by atoms with Gasteiger partial charge < -0.3 is 19.5 Å².